The van der Waals surface area contributed by atoms with E-state index in [2.05, 4.69) is 4.98 Å². The van der Waals surface area contributed by atoms with Gasteiger partial charge in [0.15, 0.2) is 0 Å². The lowest BCUT2D eigenvalue weighted by Crippen LogP contribution is -2.06. The molecule has 0 saturated heterocycles. The fraction of sp³-hybridized carbons (Fsp3) is 0.375. The van der Waals surface area contributed by atoms with Gasteiger partial charge in [-0.15, -0.1) is 0 Å². The Morgan fingerprint density at radius 2 is 1.92 bits per heavy atom. The first kappa shape index (κ1) is 10.6. The van der Waals surface area contributed by atoms with Gasteiger partial charge in [0.1, 0.15) is 16.1 Å². The standard InChI is InChI=1S/C8H10Cl2N2O/c9-7-4-6(5-8(10)12-7)13-3-1-2-11/h4-5H,1-3,11H2. The molecular weight excluding hydrogens is 211 g/mol. The third-order valence-corrected chi connectivity index (χ3v) is 1.74. The van der Waals surface area contributed by atoms with E-state index in [1.165, 1.54) is 0 Å². The molecule has 0 bridgehead atoms. The van der Waals surface area contributed by atoms with Crippen LogP contribution < -0.4 is 10.5 Å². The van der Waals surface area contributed by atoms with Crippen molar-refractivity contribution in [2.75, 3.05) is 13.2 Å². The molecule has 1 aromatic rings. The van der Waals surface area contributed by atoms with Crippen molar-refractivity contribution < 1.29 is 4.74 Å². The number of ether oxygens (including phenoxy) is 1. The van der Waals surface area contributed by atoms with Crippen molar-refractivity contribution in [2.24, 2.45) is 5.73 Å². The summed E-state index contributed by atoms with van der Waals surface area (Å²) in [6, 6.07) is 3.23. The van der Waals surface area contributed by atoms with E-state index < -0.39 is 0 Å². The fourth-order valence-electron chi connectivity index (χ4n) is 0.800. The number of aromatic nitrogens is 1. The highest BCUT2D eigenvalue weighted by Gasteiger charge is 1.99. The van der Waals surface area contributed by atoms with E-state index in [1.54, 1.807) is 12.1 Å². The predicted molar refractivity (Wildman–Crippen MR) is 53.4 cm³/mol. The molecule has 0 aliphatic heterocycles. The number of halogens is 2. The van der Waals surface area contributed by atoms with E-state index in [0.717, 1.165) is 6.42 Å². The van der Waals surface area contributed by atoms with Gasteiger partial charge in [-0.25, -0.2) is 4.98 Å². The average molecular weight is 221 g/mol. The maximum atomic E-state index is 5.66. The van der Waals surface area contributed by atoms with Gasteiger partial charge in [0, 0.05) is 12.1 Å². The lowest BCUT2D eigenvalue weighted by atomic mass is 10.4. The molecule has 3 nitrogen and oxygen atoms in total. The fourth-order valence-corrected chi connectivity index (χ4v) is 1.24. The predicted octanol–water partition coefficient (Wildman–Crippen LogP) is 2.12. The summed E-state index contributed by atoms with van der Waals surface area (Å²) in [6.45, 7) is 1.17. The van der Waals surface area contributed by atoms with Crippen molar-refractivity contribution in [3.8, 4) is 5.75 Å². The molecule has 0 aliphatic carbocycles. The van der Waals surface area contributed by atoms with Gasteiger partial charge in [0.25, 0.3) is 0 Å². The van der Waals surface area contributed by atoms with E-state index in [0.29, 0.717) is 29.2 Å². The molecule has 72 valence electrons. The van der Waals surface area contributed by atoms with E-state index >= 15 is 0 Å². The van der Waals surface area contributed by atoms with Crippen molar-refractivity contribution in [1.82, 2.24) is 4.98 Å². The van der Waals surface area contributed by atoms with Gasteiger partial charge >= 0.3 is 0 Å². The van der Waals surface area contributed by atoms with Crippen LogP contribution in [0.3, 0.4) is 0 Å². The van der Waals surface area contributed by atoms with E-state index in [9.17, 15) is 0 Å². The number of nitrogens with two attached hydrogens (primary N) is 1. The number of pyridine rings is 1. The molecule has 0 atom stereocenters. The second-order valence-corrected chi connectivity index (χ2v) is 3.21. The minimum absolute atomic E-state index is 0.329. The van der Waals surface area contributed by atoms with Gasteiger partial charge in [-0.05, 0) is 13.0 Å². The summed E-state index contributed by atoms with van der Waals surface area (Å²) in [4.78, 5) is 3.79. The normalized spacial score (nSPS) is 10.1. The Morgan fingerprint density at radius 1 is 1.31 bits per heavy atom. The maximum absolute atomic E-state index is 5.66. The Bertz CT molecular complexity index is 261. The van der Waals surface area contributed by atoms with Crippen LogP contribution in [0.1, 0.15) is 6.42 Å². The van der Waals surface area contributed by atoms with Crippen LogP contribution in [0.25, 0.3) is 0 Å². The van der Waals surface area contributed by atoms with Crippen molar-refractivity contribution >= 4 is 23.2 Å². The quantitative estimate of drug-likeness (QED) is 0.625. The Labute approximate surface area is 86.8 Å². The van der Waals surface area contributed by atoms with Crippen LogP contribution in [-0.2, 0) is 0 Å². The van der Waals surface area contributed by atoms with Gasteiger partial charge < -0.3 is 10.5 Å². The molecule has 0 fully saturated rings. The number of nitrogens with zero attached hydrogens (tertiary/aromatic N) is 1. The summed E-state index contributed by atoms with van der Waals surface area (Å²) in [6.07, 6.45) is 0.803. The van der Waals surface area contributed by atoms with E-state index in [4.69, 9.17) is 33.7 Å². The number of hydrogen-bond donors (Lipinski definition) is 1. The Kier molecular flexibility index (Phi) is 4.28. The van der Waals surface area contributed by atoms with Crippen LogP contribution in [-0.4, -0.2) is 18.1 Å². The molecule has 0 aliphatic rings. The van der Waals surface area contributed by atoms with Crippen molar-refractivity contribution in [3.63, 3.8) is 0 Å². The Balaban J connectivity index is 2.56. The first-order chi connectivity index (χ1) is 6.22. The molecule has 0 spiro atoms. The summed E-state index contributed by atoms with van der Waals surface area (Å²) < 4.78 is 5.32. The average Bonchev–Trinajstić information content (AvgIpc) is 2.03. The molecule has 0 aromatic carbocycles. The Hall–Kier alpha value is -0.510. The van der Waals surface area contributed by atoms with Crippen LogP contribution in [0, 0.1) is 0 Å². The molecule has 1 rings (SSSR count). The highest BCUT2D eigenvalue weighted by atomic mass is 35.5. The van der Waals surface area contributed by atoms with Crippen LogP contribution in [0.15, 0.2) is 12.1 Å². The molecule has 0 amide bonds. The SMILES string of the molecule is NCCCOc1cc(Cl)nc(Cl)c1. The summed E-state index contributed by atoms with van der Waals surface area (Å²) in [5.41, 5.74) is 5.31. The second kappa shape index (κ2) is 5.27. The zero-order valence-corrected chi connectivity index (χ0v) is 8.48. The highest BCUT2D eigenvalue weighted by molar-refractivity contribution is 6.32. The van der Waals surface area contributed by atoms with Crippen molar-refractivity contribution in [1.29, 1.82) is 0 Å². The summed E-state index contributed by atoms with van der Waals surface area (Å²) in [5, 5.41) is 0.658. The van der Waals surface area contributed by atoms with Crippen LogP contribution in [0.2, 0.25) is 10.3 Å². The number of hydrogen-bond acceptors (Lipinski definition) is 3. The zero-order valence-electron chi connectivity index (χ0n) is 6.96. The van der Waals surface area contributed by atoms with Crippen LogP contribution >= 0.6 is 23.2 Å². The van der Waals surface area contributed by atoms with Gasteiger partial charge in [-0.3, -0.25) is 0 Å². The van der Waals surface area contributed by atoms with Gasteiger partial charge in [-0.1, -0.05) is 23.2 Å². The van der Waals surface area contributed by atoms with Gasteiger partial charge in [0.2, 0.25) is 0 Å². The van der Waals surface area contributed by atoms with Gasteiger partial charge in [0.05, 0.1) is 6.61 Å². The maximum Gasteiger partial charge on any atom is 0.134 e. The molecule has 1 heterocycles. The van der Waals surface area contributed by atoms with Crippen molar-refractivity contribution in [3.05, 3.63) is 22.4 Å². The Morgan fingerprint density at radius 3 is 2.46 bits per heavy atom. The lowest BCUT2D eigenvalue weighted by molar-refractivity contribution is 0.313. The smallest absolute Gasteiger partial charge is 0.134 e. The molecular formula is C8H10Cl2N2O. The molecule has 0 unspecified atom stereocenters. The molecule has 13 heavy (non-hydrogen) atoms. The lowest BCUT2D eigenvalue weighted by Gasteiger charge is -2.05. The molecule has 0 radical (unpaired) electrons. The monoisotopic (exact) mass is 220 g/mol. The third kappa shape index (κ3) is 3.81. The molecule has 2 N–H and O–H groups in total. The van der Waals surface area contributed by atoms with Crippen molar-refractivity contribution in [2.45, 2.75) is 6.42 Å². The largest absolute Gasteiger partial charge is 0.493 e. The summed E-state index contributed by atoms with van der Waals surface area (Å²) >= 11 is 11.3. The first-order valence-corrected chi connectivity index (χ1v) is 4.64. The molecule has 1 aromatic heterocycles. The van der Waals surface area contributed by atoms with Gasteiger partial charge in [-0.2, -0.15) is 0 Å². The number of rotatable bonds is 4. The van der Waals surface area contributed by atoms with E-state index in [-0.39, 0.29) is 0 Å². The van der Waals surface area contributed by atoms with Crippen LogP contribution in [0.5, 0.6) is 5.75 Å². The molecule has 5 heteroatoms. The summed E-state index contributed by atoms with van der Waals surface area (Å²) in [5.74, 6) is 0.624. The highest BCUT2D eigenvalue weighted by Crippen LogP contribution is 2.20. The first-order valence-electron chi connectivity index (χ1n) is 3.88. The zero-order chi connectivity index (χ0) is 9.68. The molecule has 0 saturated carbocycles. The minimum atomic E-state index is 0.329. The minimum Gasteiger partial charge on any atom is -0.493 e. The third-order valence-electron chi connectivity index (χ3n) is 1.35. The van der Waals surface area contributed by atoms with Crippen LogP contribution in [0.4, 0.5) is 0 Å². The topological polar surface area (TPSA) is 48.1 Å². The second-order valence-electron chi connectivity index (χ2n) is 2.44. The summed E-state index contributed by atoms with van der Waals surface area (Å²) in [7, 11) is 0. The van der Waals surface area contributed by atoms with E-state index in [1.807, 2.05) is 0 Å².